The summed E-state index contributed by atoms with van der Waals surface area (Å²) in [5, 5.41) is 3.84. The van der Waals surface area contributed by atoms with Crippen molar-refractivity contribution in [3.05, 3.63) is 0 Å². The van der Waals surface area contributed by atoms with Crippen LogP contribution in [0.15, 0.2) is 0 Å². The Balaban J connectivity index is 1.34. The first-order valence-corrected chi connectivity index (χ1v) is 8.70. The van der Waals surface area contributed by atoms with E-state index in [1.165, 1.54) is 70.8 Å². The van der Waals surface area contributed by atoms with Crippen LogP contribution in [0.1, 0.15) is 71.1 Å². The summed E-state index contributed by atoms with van der Waals surface area (Å²) in [7, 11) is 0. The van der Waals surface area contributed by atoms with Crippen molar-refractivity contribution in [2.45, 2.75) is 83.3 Å². The number of hydrogen-bond acceptors (Lipinski definition) is 2. The quantitative estimate of drug-likeness (QED) is 0.705. The first kappa shape index (κ1) is 13.9. The average molecular weight is 265 g/mol. The van der Waals surface area contributed by atoms with Crippen LogP contribution in [0.25, 0.3) is 0 Å². The van der Waals surface area contributed by atoms with E-state index in [2.05, 4.69) is 12.2 Å². The van der Waals surface area contributed by atoms with Gasteiger partial charge in [0.05, 0.1) is 6.10 Å². The lowest BCUT2D eigenvalue weighted by Gasteiger charge is -2.61. The van der Waals surface area contributed by atoms with Crippen LogP contribution in [0.4, 0.5) is 0 Å². The van der Waals surface area contributed by atoms with Crippen LogP contribution in [-0.4, -0.2) is 25.3 Å². The van der Waals surface area contributed by atoms with Gasteiger partial charge in [-0.2, -0.15) is 0 Å². The molecule has 2 nitrogen and oxygen atoms in total. The molecule has 3 rings (SSSR count). The zero-order valence-electron chi connectivity index (χ0n) is 12.6. The number of hydrogen-bond donors (Lipinski definition) is 1. The van der Waals surface area contributed by atoms with Gasteiger partial charge in [-0.15, -0.1) is 0 Å². The topological polar surface area (TPSA) is 21.3 Å². The molecule has 3 aliphatic carbocycles. The van der Waals surface area contributed by atoms with Crippen molar-refractivity contribution in [1.82, 2.24) is 5.32 Å². The van der Waals surface area contributed by atoms with Crippen LogP contribution >= 0.6 is 0 Å². The molecule has 0 radical (unpaired) electrons. The number of nitrogens with one attached hydrogen (secondary N) is 1. The Bertz CT molecular complexity index is 281. The standard InChI is InChI=1S/C17H31NO/c1-2-19-16-13-15(17(16)10-6-11-17)18-12-5-9-14-7-3-4-8-14/h14-16,18H,2-13H2,1H3. The van der Waals surface area contributed by atoms with Gasteiger partial charge < -0.3 is 10.1 Å². The average Bonchev–Trinajstić information content (AvgIpc) is 2.82. The maximum atomic E-state index is 5.91. The van der Waals surface area contributed by atoms with Gasteiger partial charge >= 0.3 is 0 Å². The maximum absolute atomic E-state index is 5.91. The first-order valence-electron chi connectivity index (χ1n) is 8.70. The molecule has 0 aromatic rings. The van der Waals surface area contributed by atoms with E-state index >= 15 is 0 Å². The van der Waals surface area contributed by atoms with Crippen molar-refractivity contribution >= 4 is 0 Å². The highest BCUT2D eigenvalue weighted by Crippen LogP contribution is 2.57. The van der Waals surface area contributed by atoms with Gasteiger partial charge in [-0.05, 0) is 51.5 Å². The summed E-state index contributed by atoms with van der Waals surface area (Å²) in [5.41, 5.74) is 0.545. The van der Waals surface area contributed by atoms with Crippen LogP contribution in [0.5, 0.6) is 0 Å². The lowest BCUT2D eigenvalue weighted by molar-refractivity contribution is -0.172. The molecule has 0 saturated heterocycles. The van der Waals surface area contributed by atoms with E-state index in [4.69, 9.17) is 4.74 Å². The summed E-state index contributed by atoms with van der Waals surface area (Å²) in [6.07, 6.45) is 14.9. The fraction of sp³-hybridized carbons (Fsp3) is 1.00. The summed E-state index contributed by atoms with van der Waals surface area (Å²) in [4.78, 5) is 0. The van der Waals surface area contributed by atoms with Gasteiger partial charge in [-0.25, -0.2) is 0 Å². The molecule has 0 aromatic carbocycles. The highest BCUT2D eigenvalue weighted by molar-refractivity contribution is 5.12. The maximum Gasteiger partial charge on any atom is 0.0661 e. The first-order chi connectivity index (χ1) is 9.35. The Morgan fingerprint density at radius 1 is 1.16 bits per heavy atom. The Labute approximate surface area is 118 Å². The van der Waals surface area contributed by atoms with Crippen LogP contribution in [0, 0.1) is 11.3 Å². The summed E-state index contributed by atoms with van der Waals surface area (Å²) >= 11 is 0. The minimum Gasteiger partial charge on any atom is -0.378 e. The highest BCUT2D eigenvalue weighted by Gasteiger charge is 2.58. The molecule has 0 bridgehead atoms. The normalized spacial score (nSPS) is 33.3. The molecular weight excluding hydrogens is 234 g/mol. The van der Waals surface area contributed by atoms with E-state index in [1.54, 1.807) is 0 Å². The largest absolute Gasteiger partial charge is 0.378 e. The van der Waals surface area contributed by atoms with E-state index in [0.717, 1.165) is 18.6 Å². The molecule has 2 atom stereocenters. The van der Waals surface area contributed by atoms with E-state index in [0.29, 0.717) is 11.5 Å². The van der Waals surface area contributed by atoms with Gasteiger partial charge in [0.1, 0.15) is 0 Å². The van der Waals surface area contributed by atoms with Crippen molar-refractivity contribution in [1.29, 1.82) is 0 Å². The van der Waals surface area contributed by atoms with Gasteiger partial charge in [-0.1, -0.05) is 32.1 Å². The second-order valence-corrected chi connectivity index (χ2v) is 7.07. The third-order valence-corrected chi connectivity index (χ3v) is 6.09. The second-order valence-electron chi connectivity index (χ2n) is 7.07. The van der Waals surface area contributed by atoms with Crippen molar-refractivity contribution in [2.24, 2.45) is 11.3 Å². The zero-order chi connectivity index (χ0) is 13.1. The van der Waals surface area contributed by atoms with E-state index < -0.39 is 0 Å². The van der Waals surface area contributed by atoms with Crippen molar-refractivity contribution in [2.75, 3.05) is 13.2 Å². The summed E-state index contributed by atoms with van der Waals surface area (Å²) in [5.74, 6) is 1.05. The molecule has 0 aromatic heterocycles. The molecule has 2 unspecified atom stereocenters. The van der Waals surface area contributed by atoms with Crippen molar-refractivity contribution in [3.63, 3.8) is 0 Å². The third kappa shape index (κ3) is 2.71. The SMILES string of the molecule is CCOC1CC(NCCCC2CCCC2)C12CCC2. The van der Waals surface area contributed by atoms with Crippen LogP contribution in [-0.2, 0) is 4.74 Å². The molecular formula is C17H31NO. The Morgan fingerprint density at radius 3 is 2.58 bits per heavy atom. The molecule has 3 aliphatic rings. The van der Waals surface area contributed by atoms with Crippen LogP contribution < -0.4 is 5.32 Å². The lowest BCUT2D eigenvalue weighted by atomic mass is 9.51. The van der Waals surface area contributed by atoms with Gasteiger partial charge in [-0.3, -0.25) is 0 Å². The summed E-state index contributed by atoms with van der Waals surface area (Å²) in [6.45, 7) is 4.26. The van der Waals surface area contributed by atoms with Gasteiger partial charge in [0, 0.05) is 18.1 Å². The molecule has 3 saturated carbocycles. The lowest BCUT2D eigenvalue weighted by Crippen LogP contribution is -2.66. The molecule has 19 heavy (non-hydrogen) atoms. The number of rotatable bonds is 7. The molecule has 1 spiro atoms. The Morgan fingerprint density at radius 2 is 1.95 bits per heavy atom. The second kappa shape index (κ2) is 6.13. The minimum absolute atomic E-state index is 0.545. The fourth-order valence-corrected chi connectivity index (χ4v) is 4.69. The van der Waals surface area contributed by atoms with Gasteiger partial charge in [0.15, 0.2) is 0 Å². The monoisotopic (exact) mass is 265 g/mol. The predicted octanol–water partition coefficient (Wildman–Crippen LogP) is 3.89. The fourth-order valence-electron chi connectivity index (χ4n) is 4.69. The molecule has 0 aliphatic heterocycles. The molecule has 110 valence electrons. The molecule has 3 fully saturated rings. The zero-order valence-corrected chi connectivity index (χ0v) is 12.6. The minimum atomic E-state index is 0.545. The number of ether oxygens (including phenoxy) is 1. The smallest absolute Gasteiger partial charge is 0.0661 e. The van der Waals surface area contributed by atoms with E-state index in [1.807, 2.05) is 0 Å². The third-order valence-electron chi connectivity index (χ3n) is 6.09. The van der Waals surface area contributed by atoms with Crippen molar-refractivity contribution in [3.8, 4) is 0 Å². The van der Waals surface area contributed by atoms with Gasteiger partial charge in [0.25, 0.3) is 0 Å². The van der Waals surface area contributed by atoms with Crippen LogP contribution in [0.2, 0.25) is 0 Å². The molecule has 0 heterocycles. The molecule has 2 heteroatoms. The van der Waals surface area contributed by atoms with Crippen molar-refractivity contribution < 1.29 is 4.74 Å². The summed E-state index contributed by atoms with van der Waals surface area (Å²) in [6, 6.07) is 0.765. The highest BCUT2D eigenvalue weighted by atomic mass is 16.5. The predicted molar refractivity (Wildman–Crippen MR) is 79.3 cm³/mol. The van der Waals surface area contributed by atoms with E-state index in [-0.39, 0.29) is 0 Å². The Hall–Kier alpha value is -0.0800. The molecule has 0 amide bonds. The van der Waals surface area contributed by atoms with E-state index in [9.17, 15) is 0 Å². The Kier molecular flexibility index (Phi) is 4.48. The summed E-state index contributed by atoms with van der Waals surface area (Å²) < 4.78 is 5.91. The van der Waals surface area contributed by atoms with Gasteiger partial charge in [0.2, 0.25) is 0 Å². The van der Waals surface area contributed by atoms with Crippen LogP contribution in [0.3, 0.4) is 0 Å². The molecule has 1 N–H and O–H groups in total.